The Bertz CT molecular complexity index is 922. The van der Waals surface area contributed by atoms with Crippen molar-refractivity contribution in [3.63, 3.8) is 0 Å². The second-order valence-corrected chi connectivity index (χ2v) is 7.93. The van der Waals surface area contributed by atoms with Crippen LogP contribution in [0.4, 0.5) is 0 Å². The van der Waals surface area contributed by atoms with Crippen LogP contribution in [-0.4, -0.2) is 43.9 Å². The summed E-state index contributed by atoms with van der Waals surface area (Å²) in [6.45, 7) is 7.55. The van der Waals surface area contributed by atoms with Gasteiger partial charge < -0.3 is 4.90 Å². The molecule has 130 valence electrons. The third kappa shape index (κ3) is 3.00. The number of carbonyl (C=O) groups is 1. The molecule has 1 N–H and O–H groups in total. The van der Waals surface area contributed by atoms with Gasteiger partial charge in [0.2, 0.25) is 0 Å². The van der Waals surface area contributed by atoms with Gasteiger partial charge in [0.15, 0.2) is 5.69 Å². The molecule has 1 fully saturated rings. The number of likely N-dealkylation sites (tertiary alicyclic amines) is 1. The molecule has 3 aromatic heterocycles. The smallest absolute Gasteiger partial charge is 0.274 e. The fourth-order valence-corrected chi connectivity index (χ4v) is 4.27. The molecule has 4 rings (SSSR count). The zero-order valence-corrected chi connectivity index (χ0v) is 15.4. The van der Waals surface area contributed by atoms with Crippen LogP contribution in [-0.2, 0) is 0 Å². The van der Waals surface area contributed by atoms with E-state index >= 15 is 0 Å². The molecule has 1 atom stereocenters. The highest BCUT2D eigenvalue weighted by Gasteiger charge is 2.30. The average Bonchev–Trinajstić information content (AvgIpc) is 3.32. The lowest BCUT2D eigenvalue weighted by molar-refractivity contribution is 0.0781. The minimum atomic E-state index is -0.0141. The van der Waals surface area contributed by atoms with Crippen molar-refractivity contribution in [3.8, 4) is 10.6 Å². The summed E-state index contributed by atoms with van der Waals surface area (Å²) in [4.78, 5) is 17.0. The number of hydrogen-bond acceptors (Lipinski definition) is 4. The Morgan fingerprint density at radius 3 is 2.80 bits per heavy atom. The second kappa shape index (κ2) is 6.15. The summed E-state index contributed by atoms with van der Waals surface area (Å²) in [5, 5.41) is 11.8. The van der Waals surface area contributed by atoms with Gasteiger partial charge in [-0.05, 0) is 51.5 Å². The molecular weight excluding hydrogens is 334 g/mol. The Hall–Kier alpha value is -2.41. The predicted octanol–water partition coefficient (Wildman–Crippen LogP) is 3.35. The van der Waals surface area contributed by atoms with Gasteiger partial charge in [-0.2, -0.15) is 10.2 Å². The van der Waals surface area contributed by atoms with E-state index in [0.29, 0.717) is 12.2 Å². The van der Waals surface area contributed by atoms with E-state index < -0.39 is 0 Å². The number of nitrogens with zero attached hydrogens (tertiary/aromatic N) is 4. The molecule has 6 nitrogen and oxygen atoms in total. The molecule has 7 heteroatoms. The summed E-state index contributed by atoms with van der Waals surface area (Å²) in [5.74, 6) is -0.0141. The van der Waals surface area contributed by atoms with Gasteiger partial charge in [-0.25, -0.2) is 0 Å². The van der Waals surface area contributed by atoms with Crippen molar-refractivity contribution in [1.29, 1.82) is 0 Å². The number of amides is 1. The Morgan fingerprint density at radius 1 is 1.28 bits per heavy atom. The third-order valence-corrected chi connectivity index (χ3v) is 5.68. The Kier molecular flexibility index (Phi) is 3.95. The monoisotopic (exact) mass is 355 g/mol. The quantitative estimate of drug-likeness (QED) is 0.783. The predicted molar refractivity (Wildman–Crippen MR) is 97.9 cm³/mol. The summed E-state index contributed by atoms with van der Waals surface area (Å²) in [7, 11) is 0. The van der Waals surface area contributed by atoms with Gasteiger partial charge in [-0.15, -0.1) is 11.3 Å². The molecule has 0 spiro atoms. The highest BCUT2D eigenvalue weighted by Crippen LogP contribution is 2.28. The Morgan fingerprint density at radius 2 is 2.12 bits per heavy atom. The van der Waals surface area contributed by atoms with Crippen LogP contribution in [0.2, 0.25) is 0 Å². The van der Waals surface area contributed by atoms with E-state index in [9.17, 15) is 4.79 Å². The van der Waals surface area contributed by atoms with Crippen LogP contribution in [0.3, 0.4) is 0 Å². The number of rotatable bonds is 3. The van der Waals surface area contributed by atoms with Crippen molar-refractivity contribution in [1.82, 2.24) is 24.9 Å². The van der Waals surface area contributed by atoms with Gasteiger partial charge in [-0.3, -0.25) is 14.6 Å². The van der Waals surface area contributed by atoms with Gasteiger partial charge in [-0.1, -0.05) is 0 Å². The van der Waals surface area contributed by atoms with E-state index in [0.717, 1.165) is 34.9 Å². The molecular formula is C18H21N5OS. The minimum Gasteiger partial charge on any atom is -0.335 e. The second-order valence-electron chi connectivity index (χ2n) is 6.64. The maximum atomic E-state index is 12.8. The number of thiophene rings is 1. The first-order valence-electron chi connectivity index (χ1n) is 8.45. The first-order valence-corrected chi connectivity index (χ1v) is 9.27. The average molecular weight is 355 g/mol. The lowest BCUT2D eigenvalue weighted by Gasteiger charge is -2.16. The fourth-order valence-electron chi connectivity index (χ4n) is 3.44. The molecule has 1 amide bonds. The van der Waals surface area contributed by atoms with Crippen LogP contribution < -0.4 is 0 Å². The molecule has 1 saturated heterocycles. The van der Waals surface area contributed by atoms with Crippen molar-refractivity contribution in [3.05, 3.63) is 46.2 Å². The van der Waals surface area contributed by atoms with Gasteiger partial charge in [0.1, 0.15) is 0 Å². The van der Waals surface area contributed by atoms with Gasteiger partial charge in [0, 0.05) is 23.7 Å². The Labute approximate surface area is 150 Å². The van der Waals surface area contributed by atoms with Crippen LogP contribution in [0.25, 0.3) is 10.6 Å². The van der Waals surface area contributed by atoms with E-state index in [2.05, 4.69) is 47.3 Å². The Balaban J connectivity index is 1.49. The lowest BCUT2D eigenvalue weighted by Crippen LogP contribution is -2.29. The number of aryl methyl sites for hydroxylation is 3. The van der Waals surface area contributed by atoms with E-state index in [1.54, 1.807) is 11.3 Å². The van der Waals surface area contributed by atoms with Crippen LogP contribution >= 0.6 is 11.3 Å². The molecule has 25 heavy (non-hydrogen) atoms. The number of carbonyl (C=O) groups excluding carboxylic acids is 1. The van der Waals surface area contributed by atoms with Crippen molar-refractivity contribution in [2.45, 2.75) is 33.2 Å². The molecule has 1 unspecified atom stereocenters. The summed E-state index contributed by atoms with van der Waals surface area (Å²) in [5.41, 5.74) is 3.54. The minimum absolute atomic E-state index is 0.0141. The molecule has 3 aromatic rings. The lowest BCUT2D eigenvalue weighted by atomic mass is 10.2. The van der Waals surface area contributed by atoms with E-state index in [4.69, 9.17) is 0 Å². The highest BCUT2D eigenvalue weighted by atomic mass is 32.1. The molecule has 1 aliphatic rings. The van der Waals surface area contributed by atoms with Crippen molar-refractivity contribution < 1.29 is 4.79 Å². The van der Waals surface area contributed by atoms with Gasteiger partial charge in [0.25, 0.3) is 5.91 Å². The van der Waals surface area contributed by atoms with Crippen molar-refractivity contribution in [2.75, 3.05) is 13.1 Å². The summed E-state index contributed by atoms with van der Waals surface area (Å²) in [6, 6.07) is 8.30. The van der Waals surface area contributed by atoms with E-state index in [-0.39, 0.29) is 11.9 Å². The number of aromatic nitrogens is 4. The standard InChI is InChI=1S/C18H21N5OS/c1-11-8-12(2)23(21-11)14-6-7-22(10-14)18(24)16-9-15(19-20-16)17-5-4-13(3)25-17/h4-5,8-9,14H,6-7,10H2,1-3H3,(H,19,20). The normalized spacial score (nSPS) is 17.4. The van der Waals surface area contributed by atoms with E-state index in [1.165, 1.54) is 4.88 Å². The zero-order valence-electron chi connectivity index (χ0n) is 14.6. The molecule has 0 aromatic carbocycles. The van der Waals surface area contributed by atoms with Crippen LogP contribution in [0.5, 0.6) is 0 Å². The highest BCUT2D eigenvalue weighted by molar-refractivity contribution is 7.15. The largest absolute Gasteiger partial charge is 0.335 e. The number of nitrogens with one attached hydrogen (secondary N) is 1. The number of aromatic amines is 1. The summed E-state index contributed by atoms with van der Waals surface area (Å²) >= 11 is 1.69. The molecule has 1 aliphatic heterocycles. The SMILES string of the molecule is Cc1cc(C)n(C2CCN(C(=O)c3cc(-c4ccc(C)s4)[nH]n3)C2)n1. The maximum absolute atomic E-state index is 12.8. The molecule has 4 heterocycles. The summed E-state index contributed by atoms with van der Waals surface area (Å²) in [6.07, 6.45) is 0.926. The molecule has 0 bridgehead atoms. The topological polar surface area (TPSA) is 66.8 Å². The maximum Gasteiger partial charge on any atom is 0.274 e. The molecule has 0 saturated carbocycles. The van der Waals surface area contributed by atoms with Gasteiger partial charge in [0.05, 0.1) is 22.3 Å². The third-order valence-electron chi connectivity index (χ3n) is 4.64. The number of H-pyrrole nitrogens is 1. The van der Waals surface area contributed by atoms with Crippen LogP contribution in [0.1, 0.15) is 39.2 Å². The molecule has 0 radical (unpaired) electrons. The number of hydrogen-bond donors (Lipinski definition) is 1. The zero-order chi connectivity index (χ0) is 17.6. The first kappa shape index (κ1) is 16.1. The molecule has 0 aliphatic carbocycles. The van der Waals surface area contributed by atoms with E-state index in [1.807, 2.05) is 22.6 Å². The summed E-state index contributed by atoms with van der Waals surface area (Å²) < 4.78 is 2.05. The first-order chi connectivity index (χ1) is 12.0. The van der Waals surface area contributed by atoms with Crippen molar-refractivity contribution in [2.24, 2.45) is 0 Å². The fraction of sp³-hybridized carbons (Fsp3) is 0.389. The van der Waals surface area contributed by atoms with Crippen molar-refractivity contribution >= 4 is 17.2 Å². The van der Waals surface area contributed by atoms with Crippen LogP contribution in [0, 0.1) is 20.8 Å². The van der Waals surface area contributed by atoms with Gasteiger partial charge >= 0.3 is 0 Å². The van der Waals surface area contributed by atoms with Crippen LogP contribution in [0.15, 0.2) is 24.3 Å².